The summed E-state index contributed by atoms with van der Waals surface area (Å²) >= 11 is 0. The lowest BCUT2D eigenvalue weighted by Gasteiger charge is -2.34. The highest BCUT2D eigenvalue weighted by Gasteiger charge is 2.28. The fourth-order valence-corrected chi connectivity index (χ4v) is 4.38. The summed E-state index contributed by atoms with van der Waals surface area (Å²) in [5.41, 5.74) is 1.54. The Kier molecular flexibility index (Phi) is 5.51. The van der Waals surface area contributed by atoms with E-state index in [0.29, 0.717) is 38.3 Å². The molecule has 0 unspecified atom stereocenters. The quantitative estimate of drug-likeness (QED) is 0.574. The Bertz CT molecular complexity index is 958. The summed E-state index contributed by atoms with van der Waals surface area (Å²) in [6.07, 6.45) is 0. The van der Waals surface area contributed by atoms with E-state index in [2.05, 4.69) is 11.0 Å². The van der Waals surface area contributed by atoms with E-state index < -0.39 is 14.9 Å². The number of rotatable bonds is 5. The van der Waals surface area contributed by atoms with Gasteiger partial charge >= 0.3 is 0 Å². The second-order valence-corrected chi connectivity index (χ2v) is 8.18. The largest absolute Gasteiger partial charge is 0.296 e. The van der Waals surface area contributed by atoms with Crippen LogP contribution in [0.1, 0.15) is 11.1 Å². The second kappa shape index (κ2) is 7.84. The fraction of sp³-hybridized carbons (Fsp3) is 0.278. The lowest BCUT2D eigenvalue weighted by atomic mass is 10.1. The molecular weight excluding hydrogens is 368 g/mol. The molecule has 0 aromatic heterocycles. The van der Waals surface area contributed by atoms with E-state index >= 15 is 0 Å². The van der Waals surface area contributed by atoms with Gasteiger partial charge in [0.15, 0.2) is 0 Å². The molecule has 8 nitrogen and oxygen atoms in total. The van der Waals surface area contributed by atoms with Gasteiger partial charge < -0.3 is 0 Å². The molecule has 1 aliphatic heterocycles. The zero-order valence-electron chi connectivity index (χ0n) is 14.5. The molecule has 0 saturated carbocycles. The normalized spacial score (nSPS) is 16.0. The van der Waals surface area contributed by atoms with Crippen LogP contribution in [0.4, 0.5) is 5.69 Å². The number of hydrogen-bond acceptors (Lipinski definition) is 6. The first-order valence-corrected chi connectivity index (χ1v) is 9.80. The van der Waals surface area contributed by atoms with Crippen LogP contribution >= 0.6 is 0 Å². The number of nitrogens with zero attached hydrogens (tertiary/aromatic N) is 4. The number of hydrogen-bond donors (Lipinski definition) is 0. The van der Waals surface area contributed by atoms with E-state index in [1.165, 1.54) is 28.6 Å². The molecule has 1 heterocycles. The predicted molar refractivity (Wildman–Crippen MR) is 98.3 cm³/mol. The molecule has 0 bridgehead atoms. The summed E-state index contributed by atoms with van der Waals surface area (Å²) in [5.74, 6) is 0. The first-order chi connectivity index (χ1) is 12.9. The first kappa shape index (κ1) is 19.0. The number of nitro groups is 1. The standard InChI is InChI=1S/C18H18N4O4S/c19-13-15-1-3-16(4-2-15)14-20-9-11-21(12-10-20)27(25,26)18-7-5-17(6-8-18)22(23)24/h1-8H,9-12,14H2. The van der Waals surface area contributed by atoms with Gasteiger partial charge in [0.05, 0.1) is 21.5 Å². The van der Waals surface area contributed by atoms with Gasteiger partial charge in [-0.15, -0.1) is 0 Å². The minimum atomic E-state index is -3.66. The molecule has 1 saturated heterocycles. The number of non-ortho nitro benzene ring substituents is 1. The van der Waals surface area contributed by atoms with Crippen molar-refractivity contribution in [1.82, 2.24) is 9.21 Å². The molecule has 0 spiro atoms. The van der Waals surface area contributed by atoms with Crippen LogP contribution < -0.4 is 0 Å². The van der Waals surface area contributed by atoms with Crippen LogP contribution in [0, 0.1) is 21.4 Å². The number of nitro benzene ring substituents is 1. The van der Waals surface area contributed by atoms with Crippen molar-refractivity contribution in [3.63, 3.8) is 0 Å². The Morgan fingerprint density at radius 1 is 1.00 bits per heavy atom. The van der Waals surface area contributed by atoms with Crippen molar-refractivity contribution < 1.29 is 13.3 Å². The van der Waals surface area contributed by atoms with Crippen molar-refractivity contribution in [2.75, 3.05) is 26.2 Å². The summed E-state index contributed by atoms with van der Waals surface area (Å²) in [4.78, 5) is 12.4. The van der Waals surface area contributed by atoms with E-state index in [-0.39, 0.29) is 10.6 Å². The van der Waals surface area contributed by atoms with Gasteiger partial charge in [0.2, 0.25) is 10.0 Å². The Morgan fingerprint density at radius 3 is 2.11 bits per heavy atom. The molecule has 140 valence electrons. The highest BCUT2D eigenvalue weighted by molar-refractivity contribution is 7.89. The summed E-state index contributed by atoms with van der Waals surface area (Å²) in [5, 5.41) is 19.5. The third-order valence-electron chi connectivity index (χ3n) is 4.51. The van der Waals surface area contributed by atoms with Gasteiger partial charge in [-0.1, -0.05) is 12.1 Å². The van der Waals surface area contributed by atoms with E-state index in [1.807, 2.05) is 12.1 Å². The van der Waals surface area contributed by atoms with Gasteiger partial charge in [0.25, 0.3) is 5.69 Å². The van der Waals surface area contributed by atoms with Crippen LogP contribution in [0.3, 0.4) is 0 Å². The third kappa shape index (κ3) is 4.31. The van der Waals surface area contributed by atoms with E-state index in [9.17, 15) is 18.5 Å². The minimum Gasteiger partial charge on any atom is -0.296 e. The molecule has 2 aromatic rings. The van der Waals surface area contributed by atoms with E-state index in [1.54, 1.807) is 12.1 Å². The van der Waals surface area contributed by atoms with Crippen LogP contribution in [0.25, 0.3) is 0 Å². The van der Waals surface area contributed by atoms with Crippen molar-refractivity contribution in [2.45, 2.75) is 11.4 Å². The molecule has 3 rings (SSSR count). The maximum Gasteiger partial charge on any atom is 0.269 e. The third-order valence-corrected chi connectivity index (χ3v) is 6.42. The summed E-state index contributed by atoms with van der Waals surface area (Å²) in [7, 11) is -3.66. The van der Waals surface area contributed by atoms with Crippen molar-refractivity contribution in [1.29, 1.82) is 5.26 Å². The fourth-order valence-electron chi connectivity index (χ4n) is 2.96. The molecule has 2 aromatic carbocycles. The summed E-state index contributed by atoms with van der Waals surface area (Å²) < 4.78 is 26.8. The highest BCUT2D eigenvalue weighted by Crippen LogP contribution is 2.21. The number of nitriles is 1. The number of benzene rings is 2. The van der Waals surface area contributed by atoms with Crippen LogP contribution in [0.15, 0.2) is 53.4 Å². The molecule has 9 heteroatoms. The average molecular weight is 386 g/mol. The second-order valence-electron chi connectivity index (χ2n) is 6.24. The molecular formula is C18H18N4O4S. The van der Waals surface area contributed by atoms with Crippen molar-refractivity contribution in [2.24, 2.45) is 0 Å². The van der Waals surface area contributed by atoms with Gasteiger partial charge in [0.1, 0.15) is 0 Å². The zero-order valence-corrected chi connectivity index (χ0v) is 15.3. The van der Waals surface area contributed by atoms with Crippen LogP contribution in [-0.2, 0) is 16.6 Å². The smallest absolute Gasteiger partial charge is 0.269 e. The number of piperazine rings is 1. The zero-order chi connectivity index (χ0) is 19.4. The molecule has 1 aliphatic rings. The SMILES string of the molecule is N#Cc1ccc(CN2CCN(S(=O)(=O)c3ccc([N+](=O)[O-])cc3)CC2)cc1. The Labute approximate surface area is 157 Å². The molecule has 0 radical (unpaired) electrons. The van der Waals surface area contributed by atoms with Gasteiger partial charge in [-0.3, -0.25) is 15.0 Å². The van der Waals surface area contributed by atoms with E-state index in [4.69, 9.17) is 5.26 Å². The molecule has 0 atom stereocenters. The topological polar surface area (TPSA) is 108 Å². The molecule has 1 fully saturated rings. The van der Waals surface area contributed by atoms with E-state index in [0.717, 1.165) is 5.56 Å². The highest BCUT2D eigenvalue weighted by atomic mass is 32.2. The molecule has 27 heavy (non-hydrogen) atoms. The predicted octanol–water partition coefficient (Wildman–Crippen LogP) is 1.97. The summed E-state index contributed by atoms with van der Waals surface area (Å²) in [6, 6.07) is 14.4. The Morgan fingerprint density at radius 2 is 1.59 bits per heavy atom. The lowest BCUT2D eigenvalue weighted by Crippen LogP contribution is -2.48. The van der Waals surface area contributed by atoms with Crippen molar-refractivity contribution in [3.05, 3.63) is 69.8 Å². The summed E-state index contributed by atoms with van der Waals surface area (Å²) in [6.45, 7) is 2.58. The lowest BCUT2D eigenvalue weighted by molar-refractivity contribution is -0.384. The average Bonchev–Trinajstić information content (AvgIpc) is 2.69. The van der Waals surface area contributed by atoms with Gasteiger partial charge in [-0.25, -0.2) is 8.42 Å². The van der Waals surface area contributed by atoms with Crippen LogP contribution in [0.2, 0.25) is 0 Å². The minimum absolute atomic E-state index is 0.0636. The monoisotopic (exact) mass is 386 g/mol. The molecule has 0 N–H and O–H groups in total. The van der Waals surface area contributed by atoms with Gasteiger partial charge in [-0.05, 0) is 29.8 Å². The Balaban J connectivity index is 1.62. The van der Waals surface area contributed by atoms with Crippen LogP contribution in [0.5, 0.6) is 0 Å². The molecule has 0 aliphatic carbocycles. The first-order valence-electron chi connectivity index (χ1n) is 8.36. The maximum absolute atomic E-state index is 12.7. The van der Waals surface area contributed by atoms with Gasteiger partial charge in [-0.2, -0.15) is 9.57 Å². The maximum atomic E-state index is 12.7. The Hall–Kier alpha value is -2.80. The van der Waals surface area contributed by atoms with Crippen LogP contribution in [-0.4, -0.2) is 48.7 Å². The molecule has 0 amide bonds. The number of sulfonamides is 1. The van der Waals surface area contributed by atoms with Crippen molar-refractivity contribution in [3.8, 4) is 6.07 Å². The van der Waals surface area contributed by atoms with Crippen molar-refractivity contribution >= 4 is 15.7 Å². The van der Waals surface area contributed by atoms with Gasteiger partial charge in [0, 0.05) is 44.9 Å².